The van der Waals surface area contributed by atoms with Crippen LogP contribution in [0.2, 0.25) is 0 Å². The molecule has 1 N–H and O–H groups in total. The quantitative estimate of drug-likeness (QED) is 0.523. The van der Waals surface area contributed by atoms with Crippen molar-refractivity contribution in [3.8, 4) is 11.8 Å². The number of benzene rings is 2. The van der Waals surface area contributed by atoms with Gasteiger partial charge in [-0.2, -0.15) is 4.98 Å². The normalized spacial score (nSPS) is 19.2. The van der Waals surface area contributed by atoms with Crippen molar-refractivity contribution in [2.24, 2.45) is 7.05 Å². The van der Waals surface area contributed by atoms with E-state index in [9.17, 15) is 4.79 Å². The van der Waals surface area contributed by atoms with E-state index in [1.54, 1.807) is 0 Å². The molecule has 3 aromatic rings. The molecule has 0 saturated heterocycles. The summed E-state index contributed by atoms with van der Waals surface area (Å²) < 4.78 is 20.2. The number of rotatable bonds is 9. The van der Waals surface area contributed by atoms with Gasteiger partial charge in [0.25, 0.3) is 6.01 Å². The minimum atomic E-state index is -0.0273. The fraction of sp³-hybridized carbons (Fsp3) is 0.462. The summed E-state index contributed by atoms with van der Waals surface area (Å²) in [5, 5.41) is 2.85. The van der Waals surface area contributed by atoms with E-state index < -0.39 is 0 Å². The Labute approximate surface area is 195 Å². The van der Waals surface area contributed by atoms with Crippen LogP contribution in [0.1, 0.15) is 45.1 Å². The number of hydrogen-bond donors (Lipinski definition) is 1. The number of amides is 1. The lowest BCUT2D eigenvalue weighted by atomic mass is 9.95. The van der Waals surface area contributed by atoms with Gasteiger partial charge in [-0.25, -0.2) is 0 Å². The molecule has 1 amide bonds. The van der Waals surface area contributed by atoms with Crippen LogP contribution in [0.5, 0.6) is 11.8 Å². The van der Waals surface area contributed by atoms with E-state index in [4.69, 9.17) is 14.2 Å². The molecule has 1 atom stereocenters. The first kappa shape index (κ1) is 23.1. The number of carbonyl (C=O) groups excluding carboxylic acids is 1. The molecule has 33 heavy (non-hydrogen) atoms. The van der Waals surface area contributed by atoms with Gasteiger partial charge in [-0.3, -0.25) is 9.36 Å². The van der Waals surface area contributed by atoms with Gasteiger partial charge in [0, 0.05) is 26.1 Å². The van der Waals surface area contributed by atoms with Crippen LogP contribution in [0.4, 0.5) is 0 Å². The summed E-state index contributed by atoms with van der Waals surface area (Å²) in [6.07, 6.45) is 4.08. The standard InChI is InChI=1S/C26H33N3O4/c1-18(27-19(2)30)16-31-21-9-11-22(12-10-21)33-26-28-24-14-13-23(15-25(24)29(26)3)32-17-20-7-5-4-6-8-20/h4-8,13-15,18,21-22H,9-12,16-17H2,1-3H3,(H,27,30)/t18-,21-,22-/m0/s1. The monoisotopic (exact) mass is 451 g/mol. The average molecular weight is 452 g/mol. The second-order valence-corrected chi connectivity index (χ2v) is 8.83. The lowest BCUT2D eigenvalue weighted by Crippen LogP contribution is -2.37. The maximum absolute atomic E-state index is 11.1. The third-order valence-corrected chi connectivity index (χ3v) is 5.98. The number of imidazole rings is 1. The Hall–Kier alpha value is -3.06. The zero-order valence-electron chi connectivity index (χ0n) is 19.6. The molecule has 176 valence electrons. The molecule has 0 radical (unpaired) electrons. The molecule has 1 aromatic heterocycles. The summed E-state index contributed by atoms with van der Waals surface area (Å²) in [6.45, 7) is 4.55. The van der Waals surface area contributed by atoms with Gasteiger partial charge in [0.15, 0.2) is 0 Å². The highest BCUT2D eigenvalue weighted by molar-refractivity contribution is 5.78. The molecular weight excluding hydrogens is 418 g/mol. The minimum Gasteiger partial charge on any atom is -0.489 e. The van der Waals surface area contributed by atoms with Crippen molar-refractivity contribution in [1.82, 2.24) is 14.9 Å². The van der Waals surface area contributed by atoms with Crippen LogP contribution < -0.4 is 14.8 Å². The number of fused-ring (bicyclic) bond motifs is 1. The molecule has 7 heteroatoms. The van der Waals surface area contributed by atoms with Gasteiger partial charge in [0.2, 0.25) is 5.91 Å². The molecule has 1 fully saturated rings. The highest BCUT2D eigenvalue weighted by atomic mass is 16.5. The zero-order chi connectivity index (χ0) is 23.2. The van der Waals surface area contributed by atoms with Gasteiger partial charge in [0.1, 0.15) is 18.5 Å². The summed E-state index contributed by atoms with van der Waals surface area (Å²) in [7, 11) is 1.98. The van der Waals surface area contributed by atoms with Gasteiger partial charge in [0.05, 0.1) is 23.7 Å². The first-order valence-corrected chi connectivity index (χ1v) is 11.7. The Morgan fingerprint density at radius 2 is 1.85 bits per heavy atom. The summed E-state index contributed by atoms with van der Waals surface area (Å²) in [4.78, 5) is 15.8. The summed E-state index contributed by atoms with van der Waals surface area (Å²) in [6, 6.07) is 16.7. The van der Waals surface area contributed by atoms with E-state index in [2.05, 4.69) is 22.4 Å². The Morgan fingerprint density at radius 1 is 1.12 bits per heavy atom. The third kappa shape index (κ3) is 6.26. The number of nitrogens with one attached hydrogen (secondary N) is 1. The Balaban J connectivity index is 1.30. The van der Waals surface area contributed by atoms with Crippen LogP contribution in [0.15, 0.2) is 48.5 Å². The van der Waals surface area contributed by atoms with Crippen molar-refractivity contribution in [2.75, 3.05) is 6.61 Å². The van der Waals surface area contributed by atoms with Crippen LogP contribution in [0.3, 0.4) is 0 Å². The fourth-order valence-corrected chi connectivity index (χ4v) is 4.22. The highest BCUT2D eigenvalue weighted by Gasteiger charge is 2.25. The largest absolute Gasteiger partial charge is 0.489 e. The number of hydrogen-bond acceptors (Lipinski definition) is 5. The maximum atomic E-state index is 11.1. The summed E-state index contributed by atoms with van der Waals surface area (Å²) >= 11 is 0. The molecule has 1 aliphatic rings. The molecule has 4 rings (SSSR count). The lowest BCUT2D eigenvalue weighted by molar-refractivity contribution is -0.120. The minimum absolute atomic E-state index is 0.0260. The number of nitrogens with zero attached hydrogens (tertiary/aromatic N) is 2. The molecular formula is C26H33N3O4. The predicted octanol–water partition coefficient (Wildman–Crippen LogP) is 4.38. The fourth-order valence-electron chi connectivity index (χ4n) is 4.22. The third-order valence-electron chi connectivity index (χ3n) is 5.98. The van der Waals surface area contributed by atoms with E-state index in [1.165, 1.54) is 6.92 Å². The van der Waals surface area contributed by atoms with E-state index in [0.29, 0.717) is 19.2 Å². The van der Waals surface area contributed by atoms with Crippen LogP contribution in [0.25, 0.3) is 11.0 Å². The Bertz CT molecular complexity index is 1060. The maximum Gasteiger partial charge on any atom is 0.297 e. The highest BCUT2D eigenvalue weighted by Crippen LogP contribution is 2.29. The Morgan fingerprint density at radius 3 is 2.58 bits per heavy atom. The van der Waals surface area contributed by atoms with Gasteiger partial charge in [-0.05, 0) is 50.3 Å². The lowest BCUT2D eigenvalue weighted by Gasteiger charge is -2.29. The molecule has 1 heterocycles. The van der Waals surface area contributed by atoms with Crippen molar-refractivity contribution < 1.29 is 19.0 Å². The van der Waals surface area contributed by atoms with Crippen molar-refractivity contribution in [2.45, 2.75) is 64.4 Å². The van der Waals surface area contributed by atoms with Gasteiger partial charge >= 0.3 is 0 Å². The van der Waals surface area contributed by atoms with Crippen molar-refractivity contribution >= 4 is 16.9 Å². The van der Waals surface area contributed by atoms with Crippen molar-refractivity contribution in [3.63, 3.8) is 0 Å². The molecule has 1 aliphatic carbocycles. The molecule has 0 unspecified atom stereocenters. The average Bonchev–Trinajstić information content (AvgIpc) is 3.12. The number of aromatic nitrogens is 2. The Kier molecular flexibility index (Phi) is 7.50. The van der Waals surface area contributed by atoms with Crippen LogP contribution in [0, 0.1) is 0 Å². The zero-order valence-corrected chi connectivity index (χ0v) is 19.6. The second-order valence-electron chi connectivity index (χ2n) is 8.83. The smallest absolute Gasteiger partial charge is 0.297 e. The molecule has 0 aliphatic heterocycles. The first-order chi connectivity index (χ1) is 16.0. The molecule has 0 spiro atoms. The number of ether oxygens (including phenoxy) is 3. The molecule has 2 aromatic carbocycles. The molecule has 1 saturated carbocycles. The number of carbonyl (C=O) groups is 1. The van der Waals surface area contributed by atoms with Gasteiger partial charge < -0.3 is 19.5 Å². The predicted molar refractivity (Wildman–Crippen MR) is 127 cm³/mol. The van der Waals surface area contributed by atoms with Crippen molar-refractivity contribution in [3.05, 3.63) is 54.1 Å². The molecule has 0 bridgehead atoms. The van der Waals surface area contributed by atoms with Crippen LogP contribution >= 0.6 is 0 Å². The first-order valence-electron chi connectivity index (χ1n) is 11.7. The molecule has 7 nitrogen and oxygen atoms in total. The topological polar surface area (TPSA) is 74.6 Å². The van der Waals surface area contributed by atoms with E-state index in [-0.39, 0.29) is 24.2 Å². The second kappa shape index (κ2) is 10.7. The van der Waals surface area contributed by atoms with Crippen molar-refractivity contribution in [1.29, 1.82) is 0 Å². The van der Waals surface area contributed by atoms with E-state index in [1.807, 2.05) is 54.9 Å². The SMILES string of the molecule is CC(=O)N[C@@H](C)CO[C@H]1CC[C@H](Oc2nc3ccc(OCc4ccccc4)cc3n2C)CC1. The van der Waals surface area contributed by atoms with E-state index in [0.717, 1.165) is 48.0 Å². The van der Waals surface area contributed by atoms with Crippen LogP contribution in [-0.4, -0.2) is 40.3 Å². The van der Waals surface area contributed by atoms with Crippen LogP contribution in [-0.2, 0) is 23.2 Å². The van der Waals surface area contributed by atoms with Gasteiger partial charge in [-0.15, -0.1) is 0 Å². The summed E-state index contributed by atoms with van der Waals surface area (Å²) in [5.41, 5.74) is 3.01. The van der Waals surface area contributed by atoms with Gasteiger partial charge in [-0.1, -0.05) is 30.3 Å². The number of aryl methyl sites for hydroxylation is 1. The van der Waals surface area contributed by atoms with E-state index >= 15 is 0 Å². The summed E-state index contributed by atoms with van der Waals surface area (Å²) in [5.74, 6) is 0.785.